The van der Waals surface area contributed by atoms with Gasteiger partial charge in [0.05, 0.1) is 15.7 Å². The Bertz CT molecular complexity index is 627. The van der Waals surface area contributed by atoms with Gasteiger partial charge in [0, 0.05) is 12.1 Å². The van der Waals surface area contributed by atoms with Crippen LogP contribution >= 0.6 is 23.2 Å². The van der Waals surface area contributed by atoms with Gasteiger partial charge in [-0.1, -0.05) is 29.6 Å². The molecule has 0 radical (unpaired) electrons. The molecule has 1 saturated heterocycles. The molecule has 3 N–H and O–H groups in total. The monoisotopic (exact) mass is 351 g/mol. The van der Waals surface area contributed by atoms with Crippen molar-refractivity contribution in [3.63, 3.8) is 0 Å². The SMILES string of the molecule is CC1CCCC(C)N1NS(=O)(=O)c1ccc(Cl)c(N)c1Cl. The Balaban J connectivity index is 2.32. The maximum absolute atomic E-state index is 12.5. The van der Waals surface area contributed by atoms with E-state index in [0.29, 0.717) is 0 Å². The highest BCUT2D eigenvalue weighted by atomic mass is 35.5. The lowest BCUT2D eigenvalue weighted by Gasteiger charge is -2.38. The van der Waals surface area contributed by atoms with E-state index in [2.05, 4.69) is 4.83 Å². The Hall–Kier alpha value is -0.530. The van der Waals surface area contributed by atoms with Gasteiger partial charge in [-0.05, 0) is 38.8 Å². The number of rotatable bonds is 3. The number of nitrogens with one attached hydrogen (secondary N) is 1. The van der Waals surface area contributed by atoms with Crippen LogP contribution in [0.1, 0.15) is 33.1 Å². The van der Waals surface area contributed by atoms with Crippen LogP contribution in [0.15, 0.2) is 17.0 Å². The van der Waals surface area contributed by atoms with Crippen LogP contribution in [0.5, 0.6) is 0 Å². The molecule has 8 heteroatoms. The zero-order valence-corrected chi connectivity index (χ0v) is 14.3. The van der Waals surface area contributed by atoms with Crippen molar-refractivity contribution in [3.05, 3.63) is 22.2 Å². The highest BCUT2D eigenvalue weighted by molar-refractivity contribution is 7.89. The third-order valence-corrected chi connectivity index (χ3v) is 6.02. The van der Waals surface area contributed by atoms with Crippen LogP contribution in [0, 0.1) is 0 Å². The average Bonchev–Trinajstić information content (AvgIpc) is 2.40. The summed E-state index contributed by atoms with van der Waals surface area (Å²) in [6.45, 7) is 3.99. The van der Waals surface area contributed by atoms with Crippen molar-refractivity contribution in [2.75, 3.05) is 5.73 Å². The lowest BCUT2D eigenvalue weighted by atomic mass is 10.0. The molecule has 1 heterocycles. The normalized spacial score (nSPS) is 24.2. The van der Waals surface area contributed by atoms with E-state index in [1.165, 1.54) is 12.1 Å². The first kappa shape index (κ1) is 16.8. The van der Waals surface area contributed by atoms with Crippen LogP contribution in [-0.4, -0.2) is 25.5 Å². The maximum Gasteiger partial charge on any atom is 0.255 e. The molecule has 1 aliphatic heterocycles. The van der Waals surface area contributed by atoms with Crippen LogP contribution in [0.3, 0.4) is 0 Å². The lowest BCUT2D eigenvalue weighted by Crippen LogP contribution is -2.53. The number of anilines is 1. The van der Waals surface area contributed by atoms with Crippen molar-refractivity contribution in [3.8, 4) is 0 Å². The molecule has 2 unspecified atom stereocenters. The fraction of sp³-hybridized carbons (Fsp3) is 0.538. The number of halogens is 2. The molecule has 0 aliphatic carbocycles. The molecule has 2 rings (SSSR count). The minimum Gasteiger partial charge on any atom is -0.396 e. The van der Waals surface area contributed by atoms with Crippen molar-refractivity contribution < 1.29 is 8.42 Å². The highest BCUT2D eigenvalue weighted by Crippen LogP contribution is 2.33. The fourth-order valence-electron chi connectivity index (χ4n) is 2.55. The number of piperidine rings is 1. The number of nitrogens with two attached hydrogens (primary N) is 1. The molecule has 2 atom stereocenters. The van der Waals surface area contributed by atoms with E-state index in [0.717, 1.165) is 19.3 Å². The third kappa shape index (κ3) is 3.46. The summed E-state index contributed by atoms with van der Waals surface area (Å²) >= 11 is 11.9. The molecule has 0 saturated carbocycles. The smallest absolute Gasteiger partial charge is 0.255 e. The molecule has 5 nitrogen and oxygen atoms in total. The van der Waals surface area contributed by atoms with Crippen molar-refractivity contribution in [2.24, 2.45) is 0 Å². The molecular weight excluding hydrogens is 333 g/mol. The van der Waals surface area contributed by atoms with E-state index in [1.807, 2.05) is 13.8 Å². The second kappa shape index (κ2) is 6.30. The average molecular weight is 352 g/mol. The zero-order valence-electron chi connectivity index (χ0n) is 11.9. The van der Waals surface area contributed by atoms with Crippen molar-refractivity contribution >= 4 is 38.9 Å². The molecule has 1 fully saturated rings. The molecule has 118 valence electrons. The van der Waals surface area contributed by atoms with E-state index < -0.39 is 10.0 Å². The van der Waals surface area contributed by atoms with Crippen LogP contribution in [0.2, 0.25) is 10.0 Å². The Morgan fingerprint density at radius 3 is 2.38 bits per heavy atom. The molecule has 0 spiro atoms. The van der Waals surface area contributed by atoms with Crippen LogP contribution in [0.25, 0.3) is 0 Å². The standard InChI is InChI=1S/C13H19Cl2N3O2S/c1-8-4-3-5-9(2)18(8)17-21(19,20)11-7-6-10(14)13(16)12(11)15/h6-9,17H,3-5,16H2,1-2H3. The number of nitrogen functional groups attached to an aromatic ring is 1. The fourth-order valence-corrected chi connectivity index (χ4v) is 4.55. The first-order valence-corrected chi connectivity index (χ1v) is 9.02. The van der Waals surface area contributed by atoms with Crippen LogP contribution in [-0.2, 0) is 10.0 Å². The van der Waals surface area contributed by atoms with Gasteiger partial charge in [0.1, 0.15) is 4.90 Å². The maximum atomic E-state index is 12.5. The van der Waals surface area contributed by atoms with Gasteiger partial charge >= 0.3 is 0 Å². The minimum absolute atomic E-state index is 0.0488. The van der Waals surface area contributed by atoms with Gasteiger partial charge < -0.3 is 5.73 Å². The molecule has 0 amide bonds. The topological polar surface area (TPSA) is 75.4 Å². The second-order valence-corrected chi connectivity index (χ2v) is 7.82. The number of nitrogens with zero attached hydrogens (tertiary/aromatic N) is 1. The van der Waals surface area contributed by atoms with Gasteiger partial charge in [0.25, 0.3) is 10.0 Å². The first-order valence-electron chi connectivity index (χ1n) is 6.78. The Morgan fingerprint density at radius 1 is 1.24 bits per heavy atom. The largest absolute Gasteiger partial charge is 0.396 e. The molecular formula is C13H19Cl2N3O2S. The Labute approximate surface area is 135 Å². The summed E-state index contributed by atoms with van der Waals surface area (Å²) in [5.74, 6) is 0. The summed E-state index contributed by atoms with van der Waals surface area (Å²) in [5, 5.41) is 1.95. The predicted octanol–water partition coefficient (Wildman–Crippen LogP) is 3.03. The highest BCUT2D eigenvalue weighted by Gasteiger charge is 2.30. The summed E-state index contributed by atoms with van der Waals surface area (Å²) in [6.07, 6.45) is 2.99. The number of benzene rings is 1. The summed E-state index contributed by atoms with van der Waals surface area (Å²) in [5.41, 5.74) is 5.77. The number of sulfonamides is 1. The van der Waals surface area contributed by atoms with E-state index in [-0.39, 0.29) is 32.7 Å². The van der Waals surface area contributed by atoms with Gasteiger partial charge in [-0.15, -0.1) is 4.83 Å². The van der Waals surface area contributed by atoms with Crippen LogP contribution in [0.4, 0.5) is 5.69 Å². The number of hydrogen-bond acceptors (Lipinski definition) is 4. The predicted molar refractivity (Wildman–Crippen MR) is 85.8 cm³/mol. The van der Waals surface area contributed by atoms with E-state index in [9.17, 15) is 8.42 Å². The first-order chi connectivity index (χ1) is 9.74. The molecule has 21 heavy (non-hydrogen) atoms. The van der Waals surface area contributed by atoms with Gasteiger partial charge in [-0.2, -0.15) is 0 Å². The van der Waals surface area contributed by atoms with Gasteiger partial charge in [-0.3, -0.25) is 0 Å². The molecule has 1 aromatic rings. The van der Waals surface area contributed by atoms with Crippen molar-refractivity contribution in [1.29, 1.82) is 0 Å². The molecule has 1 aromatic carbocycles. The van der Waals surface area contributed by atoms with Gasteiger partial charge in [-0.25, -0.2) is 13.4 Å². The van der Waals surface area contributed by atoms with E-state index in [4.69, 9.17) is 28.9 Å². The summed E-state index contributed by atoms with van der Waals surface area (Å²) < 4.78 is 25.1. The van der Waals surface area contributed by atoms with Crippen molar-refractivity contribution in [1.82, 2.24) is 9.84 Å². The van der Waals surface area contributed by atoms with Crippen molar-refractivity contribution in [2.45, 2.75) is 50.1 Å². The van der Waals surface area contributed by atoms with E-state index >= 15 is 0 Å². The Morgan fingerprint density at radius 2 is 1.81 bits per heavy atom. The quantitative estimate of drug-likeness (QED) is 0.820. The molecule has 1 aliphatic rings. The lowest BCUT2D eigenvalue weighted by molar-refractivity contribution is 0.0790. The Kier molecular flexibility index (Phi) is 5.05. The zero-order chi connectivity index (χ0) is 15.8. The van der Waals surface area contributed by atoms with Gasteiger partial charge in [0.15, 0.2) is 0 Å². The summed E-state index contributed by atoms with van der Waals surface area (Å²) in [7, 11) is -3.79. The number of hydrazine groups is 1. The van der Waals surface area contributed by atoms with Gasteiger partial charge in [0.2, 0.25) is 0 Å². The molecule has 0 aromatic heterocycles. The van der Waals surface area contributed by atoms with E-state index in [1.54, 1.807) is 5.01 Å². The number of hydrogen-bond donors (Lipinski definition) is 2. The summed E-state index contributed by atoms with van der Waals surface area (Å²) in [6, 6.07) is 3.06. The second-order valence-electron chi connectivity index (χ2n) is 5.40. The summed E-state index contributed by atoms with van der Waals surface area (Å²) in [4.78, 5) is 2.56. The minimum atomic E-state index is -3.79. The third-order valence-electron chi connectivity index (χ3n) is 3.80. The van der Waals surface area contributed by atoms with Crippen LogP contribution < -0.4 is 10.6 Å². The molecule has 0 bridgehead atoms.